The lowest BCUT2D eigenvalue weighted by atomic mass is 9.94. The van der Waals surface area contributed by atoms with Gasteiger partial charge < -0.3 is 15.8 Å². The van der Waals surface area contributed by atoms with Crippen LogP contribution >= 0.6 is 0 Å². The van der Waals surface area contributed by atoms with Crippen molar-refractivity contribution in [3.8, 4) is 0 Å². The molecular formula is C17H13N3O4. The molecule has 4 N–H and O–H groups in total. The topological polar surface area (TPSA) is 106 Å². The number of carbonyl (C=O) groups is 2. The van der Waals surface area contributed by atoms with E-state index in [1.807, 2.05) is 6.07 Å². The molecule has 0 radical (unpaired) electrons. The molecule has 2 amide bonds. The molecule has 7 heteroatoms. The summed E-state index contributed by atoms with van der Waals surface area (Å²) in [5, 5.41) is 24.4. The van der Waals surface area contributed by atoms with Crippen LogP contribution in [0.2, 0.25) is 0 Å². The molecule has 2 aromatic carbocycles. The van der Waals surface area contributed by atoms with E-state index in [1.165, 1.54) is 12.1 Å². The van der Waals surface area contributed by atoms with E-state index in [2.05, 4.69) is 10.6 Å². The number of fused-ring (bicyclic) bond motifs is 2. The second kappa shape index (κ2) is 5.27. The molecule has 0 saturated heterocycles. The molecule has 120 valence electrons. The van der Waals surface area contributed by atoms with E-state index >= 15 is 0 Å². The molecule has 0 spiro atoms. The van der Waals surface area contributed by atoms with Crippen molar-refractivity contribution in [3.63, 3.8) is 0 Å². The van der Waals surface area contributed by atoms with Crippen LogP contribution in [0.3, 0.4) is 0 Å². The van der Waals surface area contributed by atoms with Crippen LogP contribution in [0.5, 0.6) is 0 Å². The zero-order valence-electron chi connectivity index (χ0n) is 12.4. The first-order valence-corrected chi connectivity index (χ1v) is 7.35. The number of ketones is 1. The summed E-state index contributed by atoms with van der Waals surface area (Å²) in [5.41, 5.74) is 3.06. The fraction of sp³-hybridized carbons (Fsp3) is 0.0588. The molecule has 0 fully saturated rings. The third-order valence-corrected chi connectivity index (χ3v) is 4.25. The molecule has 7 nitrogen and oxygen atoms in total. The number of quaternary nitrogens is 1. The van der Waals surface area contributed by atoms with Gasteiger partial charge >= 0.3 is 6.03 Å². The first-order valence-electron chi connectivity index (χ1n) is 7.35. The van der Waals surface area contributed by atoms with Gasteiger partial charge in [0.15, 0.2) is 11.5 Å². The molecule has 0 saturated carbocycles. The average molecular weight is 323 g/mol. The van der Waals surface area contributed by atoms with E-state index in [0.29, 0.717) is 28.0 Å². The van der Waals surface area contributed by atoms with E-state index in [1.54, 1.807) is 30.3 Å². The zero-order valence-corrected chi connectivity index (χ0v) is 12.4. The van der Waals surface area contributed by atoms with Gasteiger partial charge in [0.25, 0.3) is 0 Å². The smallest absolute Gasteiger partial charge is 0.320 e. The summed E-state index contributed by atoms with van der Waals surface area (Å²) in [7, 11) is 0. The molecule has 2 atom stereocenters. The molecule has 2 aromatic rings. The summed E-state index contributed by atoms with van der Waals surface area (Å²) in [4.78, 5) is 24.8. The third kappa shape index (κ3) is 2.11. The molecule has 2 aliphatic rings. The molecule has 1 unspecified atom stereocenters. The Morgan fingerprint density at radius 2 is 1.67 bits per heavy atom. The van der Waals surface area contributed by atoms with Crippen LogP contribution < -0.4 is 15.9 Å². The number of carbonyl (C=O) groups excluding carboxylic acids is 2. The Morgan fingerprint density at radius 3 is 2.33 bits per heavy atom. The standard InChI is InChI=1S/C17H13N3O4/c21-16-12-4-2-1-3-11(12)15-13(16)14(18-17(22)19-15)9-5-7-10(8-6-9)20(23)24/h1-8,14,20,23H,(H2,18,19,22)/t14-/m1/s1. The Morgan fingerprint density at radius 1 is 1.00 bits per heavy atom. The van der Waals surface area contributed by atoms with Gasteiger partial charge in [-0.1, -0.05) is 36.4 Å². The van der Waals surface area contributed by atoms with E-state index in [0.717, 1.165) is 0 Å². The highest BCUT2D eigenvalue weighted by Gasteiger charge is 2.39. The van der Waals surface area contributed by atoms with E-state index in [9.17, 15) is 14.8 Å². The van der Waals surface area contributed by atoms with Gasteiger partial charge in [0.2, 0.25) is 0 Å². The van der Waals surface area contributed by atoms with Gasteiger partial charge in [-0.3, -0.25) is 4.79 Å². The van der Waals surface area contributed by atoms with E-state index < -0.39 is 17.3 Å². The molecule has 24 heavy (non-hydrogen) atoms. The van der Waals surface area contributed by atoms with E-state index in [-0.39, 0.29) is 11.5 Å². The molecule has 1 aliphatic carbocycles. The number of hydrogen-bond acceptors (Lipinski definition) is 4. The van der Waals surface area contributed by atoms with Crippen LogP contribution in [0.4, 0.5) is 10.5 Å². The lowest BCUT2D eigenvalue weighted by Gasteiger charge is -2.26. The summed E-state index contributed by atoms with van der Waals surface area (Å²) in [6.45, 7) is 0. The van der Waals surface area contributed by atoms with Crippen LogP contribution in [0.25, 0.3) is 5.70 Å². The Kier molecular flexibility index (Phi) is 3.20. The summed E-state index contributed by atoms with van der Waals surface area (Å²) in [6.07, 6.45) is 0. The van der Waals surface area contributed by atoms with Crippen LogP contribution in [0, 0.1) is 5.21 Å². The molecule has 0 bridgehead atoms. The fourth-order valence-electron chi connectivity index (χ4n) is 3.13. The van der Waals surface area contributed by atoms with Crippen molar-refractivity contribution in [2.75, 3.05) is 0 Å². The van der Waals surface area contributed by atoms with Crippen LogP contribution in [-0.2, 0) is 0 Å². The normalized spacial score (nSPS) is 20.2. The minimum Gasteiger partial charge on any atom is -0.595 e. The van der Waals surface area contributed by atoms with Crippen LogP contribution in [0.15, 0.2) is 54.1 Å². The molecule has 1 aliphatic heterocycles. The van der Waals surface area contributed by atoms with Gasteiger partial charge in [0.1, 0.15) is 0 Å². The molecule has 1 heterocycles. The average Bonchev–Trinajstić information content (AvgIpc) is 2.87. The van der Waals surface area contributed by atoms with Gasteiger partial charge in [0, 0.05) is 23.3 Å². The lowest BCUT2D eigenvalue weighted by molar-refractivity contribution is -0.991. The van der Waals surface area contributed by atoms with Gasteiger partial charge in [-0.25, -0.2) is 10.0 Å². The molecular weight excluding hydrogens is 310 g/mol. The highest BCUT2D eigenvalue weighted by Crippen LogP contribution is 2.39. The summed E-state index contributed by atoms with van der Waals surface area (Å²) in [6, 6.07) is 12.2. The monoisotopic (exact) mass is 323 g/mol. The number of urea groups is 1. The Labute approximate surface area is 136 Å². The summed E-state index contributed by atoms with van der Waals surface area (Å²) >= 11 is 0. The highest BCUT2D eigenvalue weighted by atomic mass is 16.8. The fourth-order valence-corrected chi connectivity index (χ4v) is 3.13. The first kappa shape index (κ1) is 14.6. The van der Waals surface area contributed by atoms with E-state index in [4.69, 9.17) is 5.21 Å². The second-order valence-electron chi connectivity index (χ2n) is 5.62. The third-order valence-electron chi connectivity index (χ3n) is 4.25. The highest BCUT2D eigenvalue weighted by molar-refractivity contribution is 6.23. The minimum absolute atomic E-state index is 0.139. The maximum atomic E-state index is 12.8. The second-order valence-corrected chi connectivity index (χ2v) is 5.62. The number of Topliss-reactive ketones (excluding diaryl/α,β-unsaturated/α-hetero) is 1. The molecule has 0 aromatic heterocycles. The van der Waals surface area contributed by atoms with Gasteiger partial charge in [-0.15, -0.1) is 0 Å². The summed E-state index contributed by atoms with van der Waals surface area (Å²) in [5.74, 6) is -0.139. The number of benzene rings is 2. The SMILES string of the molecule is O=C1NC2=C(C(=O)c3ccccc32)[C@@H](c2ccc([NH+]([O-])O)cc2)N1. The van der Waals surface area contributed by atoms with Crippen molar-refractivity contribution in [2.24, 2.45) is 0 Å². The number of amides is 2. The number of nitrogens with one attached hydrogen (secondary N) is 3. The van der Waals surface area contributed by atoms with Crippen LogP contribution in [-0.4, -0.2) is 17.0 Å². The quantitative estimate of drug-likeness (QED) is 0.620. The molecule has 4 rings (SSSR count). The first-order chi connectivity index (χ1) is 11.6. The van der Waals surface area contributed by atoms with Crippen molar-refractivity contribution in [2.45, 2.75) is 6.04 Å². The van der Waals surface area contributed by atoms with Crippen molar-refractivity contribution >= 4 is 23.2 Å². The predicted molar refractivity (Wildman–Crippen MR) is 84.3 cm³/mol. The maximum Gasteiger partial charge on any atom is 0.320 e. The largest absolute Gasteiger partial charge is 0.595 e. The maximum absolute atomic E-state index is 12.8. The Hall–Kier alpha value is -3.00. The predicted octanol–water partition coefficient (Wildman–Crippen LogP) is 1.05. The Balaban J connectivity index is 1.81. The van der Waals surface area contributed by atoms with Crippen molar-refractivity contribution in [3.05, 3.63) is 76.0 Å². The summed E-state index contributed by atoms with van der Waals surface area (Å²) < 4.78 is 0. The zero-order chi connectivity index (χ0) is 16.8. The number of rotatable bonds is 2. The van der Waals surface area contributed by atoms with Gasteiger partial charge in [0.05, 0.1) is 17.3 Å². The minimum atomic E-state index is -1.03. The lowest BCUT2D eigenvalue weighted by Crippen LogP contribution is -2.99. The van der Waals surface area contributed by atoms with Crippen molar-refractivity contribution < 1.29 is 20.0 Å². The number of hydrogen-bond donors (Lipinski definition) is 4. The Bertz CT molecular complexity index is 887. The van der Waals surface area contributed by atoms with Gasteiger partial charge in [-0.2, -0.15) is 5.23 Å². The van der Waals surface area contributed by atoms with Gasteiger partial charge in [-0.05, 0) is 5.56 Å². The van der Waals surface area contributed by atoms with Crippen LogP contribution in [0.1, 0.15) is 27.5 Å². The van der Waals surface area contributed by atoms with Crippen molar-refractivity contribution in [1.82, 2.24) is 10.6 Å². The van der Waals surface area contributed by atoms with Crippen molar-refractivity contribution in [1.29, 1.82) is 0 Å².